The maximum Gasteiger partial charge on any atom is 0.142 e. The van der Waals surface area contributed by atoms with Gasteiger partial charge in [-0.25, -0.2) is 9.97 Å². The Bertz CT molecular complexity index is 662. The molecule has 0 fully saturated rings. The van der Waals surface area contributed by atoms with Gasteiger partial charge in [-0.1, -0.05) is 41.4 Å². The lowest BCUT2D eigenvalue weighted by molar-refractivity contribution is 0.416. The van der Waals surface area contributed by atoms with E-state index in [0.29, 0.717) is 16.8 Å². The van der Waals surface area contributed by atoms with Crippen molar-refractivity contribution < 1.29 is 4.74 Å². The fourth-order valence-corrected chi connectivity index (χ4v) is 2.33. The molecule has 0 amide bonds. The molecule has 0 aliphatic rings. The molecule has 0 aliphatic carbocycles. The van der Waals surface area contributed by atoms with Crippen LogP contribution in [0.15, 0.2) is 22.7 Å². The molecular formula is C15H17BrClN3O. The molecule has 0 saturated heterocycles. The van der Waals surface area contributed by atoms with E-state index >= 15 is 0 Å². The summed E-state index contributed by atoms with van der Waals surface area (Å²) in [6.45, 7) is 5.95. The van der Waals surface area contributed by atoms with Gasteiger partial charge >= 0.3 is 0 Å². The number of ether oxygens (including phenoxy) is 1. The predicted molar refractivity (Wildman–Crippen MR) is 89.8 cm³/mol. The zero-order chi connectivity index (χ0) is 15.6. The summed E-state index contributed by atoms with van der Waals surface area (Å²) in [5.74, 6) is 2.34. The van der Waals surface area contributed by atoms with Crippen LogP contribution in [0, 0.1) is 6.92 Å². The maximum atomic E-state index is 6.20. The second kappa shape index (κ2) is 6.62. The number of methoxy groups -OCH3 is 1. The highest BCUT2D eigenvalue weighted by atomic mass is 79.9. The molecule has 1 aromatic heterocycles. The molecule has 1 heterocycles. The van der Waals surface area contributed by atoms with Gasteiger partial charge in [0.15, 0.2) is 0 Å². The number of hydrogen-bond donors (Lipinski definition) is 1. The van der Waals surface area contributed by atoms with Crippen molar-refractivity contribution in [3.05, 3.63) is 39.2 Å². The van der Waals surface area contributed by atoms with Gasteiger partial charge in [-0.2, -0.15) is 0 Å². The van der Waals surface area contributed by atoms with Crippen molar-refractivity contribution in [3.8, 4) is 5.75 Å². The molecule has 0 atom stereocenters. The number of halogens is 2. The molecule has 21 heavy (non-hydrogen) atoms. The van der Waals surface area contributed by atoms with Gasteiger partial charge in [-0.05, 0) is 25.1 Å². The smallest absolute Gasteiger partial charge is 0.142 e. The summed E-state index contributed by atoms with van der Waals surface area (Å²) in [5, 5.41) is 3.74. The van der Waals surface area contributed by atoms with Gasteiger partial charge in [0.2, 0.25) is 0 Å². The van der Waals surface area contributed by atoms with E-state index < -0.39 is 0 Å². The van der Waals surface area contributed by atoms with Crippen molar-refractivity contribution in [1.29, 1.82) is 0 Å². The highest BCUT2D eigenvalue weighted by molar-refractivity contribution is 9.10. The Morgan fingerprint density at radius 2 is 2.00 bits per heavy atom. The number of nitrogens with one attached hydrogen (secondary N) is 1. The minimum atomic E-state index is 0.202. The number of anilines is 2. The lowest BCUT2D eigenvalue weighted by atomic mass is 10.2. The molecule has 0 saturated carbocycles. The average Bonchev–Trinajstić information content (AvgIpc) is 2.43. The van der Waals surface area contributed by atoms with Crippen molar-refractivity contribution in [2.75, 3.05) is 12.4 Å². The number of aromatic nitrogens is 2. The summed E-state index contributed by atoms with van der Waals surface area (Å²) in [6, 6.07) is 5.74. The number of rotatable bonds is 4. The molecule has 0 spiro atoms. The van der Waals surface area contributed by atoms with Crippen molar-refractivity contribution in [1.82, 2.24) is 9.97 Å². The third-order valence-electron chi connectivity index (χ3n) is 3.03. The Hall–Kier alpha value is -1.33. The predicted octanol–water partition coefficient (Wildman–Crippen LogP) is 5.08. The summed E-state index contributed by atoms with van der Waals surface area (Å²) in [4.78, 5) is 8.86. The summed E-state index contributed by atoms with van der Waals surface area (Å²) in [6.07, 6.45) is 0. The molecule has 6 heteroatoms. The Balaban J connectivity index is 2.46. The summed E-state index contributed by atoms with van der Waals surface area (Å²) in [5.41, 5.74) is 1.63. The van der Waals surface area contributed by atoms with Crippen LogP contribution in [0.4, 0.5) is 11.5 Å². The Morgan fingerprint density at radius 1 is 1.29 bits per heavy atom. The first-order valence-electron chi connectivity index (χ1n) is 6.57. The molecule has 2 rings (SSSR count). The molecule has 1 N–H and O–H groups in total. The monoisotopic (exact) mass is 369 g/mol. The van der Waals surface area contributed by atoms with E-state index in [1.165, 1.54) is 0 Å². The van der Waals surface area contributed by atoms with Crippen molar-refractivity contribution in [2.45, 2.75) is 26.7 Å². The van der Waals surface area contributed by atoms with Gasteiger partial charge in [-0.15, -0.1) is 0 Å². The normalized spacial score (nSPS) is 10.8. The van der Waals surface area contributed by atoms with Crippen molar-refractivity contribution in [2.24, 2.45) is 0 Å². The summed E-state index contributed by atoms with van der Waals surface area (Å²) in [7, 11) is 1.63. The molecule has 112 valence electrons. The van der Waals surface area contributed by atoms with Crippen LogP contribution in [0.3, 0.4) is 0 Å². The zero-order valence-electron chi connectivity index (χ0n) is 12.4. The highest BCUT2D eigenvalue weighted by Crippen LogP contribution is 2.32. The Labute approximate surface area is 138 Å². The van der Waals surface area contributed by atoms with Gasteiger partial charge in [0.1, 0.15) is 22.5 Å². The topological polar surface area (TPSA) is 47.0 Å². The highest BCUT2D eigenvalue weighted by Gasteiger charge is 2.13. The quantitative estimate of drug-likeness (QED) is 0.763. The van der Waals surface area contributed by atoms with Crippen LogP contribution in [0.25, 0.3) is 0 Å². The van der Waals surface area contributed by atoms with Crippen LogP contribution in [-0.4, -0.2) is 17.1 Å². The van der Waals surface area contributed by atoms with Crippen LogP contribution >= 0.6 is 27.5 Å². The first-order valence-corrected chi connectivity index (χ1v) is 7.74. The standard InChI is InChI=1S/C15H17BrClN3O/c1-8(2)14-19-13(17)9(3)15(20-14)18-11-7-10(16)5-6-12(11)21-4/h5-8H,1-4H3,(H,18,19,20). The molecule has 4 nitrogen and oxygen atoms in total. The molecule has 0 bridgehead atoms. The second-order valence-corrected chi connectivity index (χ2v) is 6.24. The fraction of sp³-hybridized carbons (Fsp3) is 0.333. The van der Waals surface area contributed by atoms with Gasteiger partial charge in [0.05, 0.1) is 12.8 Å². The lowest BCUT2D eigenvalue weighted by Gasteiger charge is -2.15. The van der Waals surface area contributed by atoms with E-state index in [2.05, 4.69) is 31.2 Å². The van der Waals surface area contributed by atoms with E-state index in [4.69, 9.17) is 16.3 Å². The van der Waals surface area contributed by atoms with Crippen molar-refractivity contribution >= 4 is 39.0 Å². The minimum absolute atomic E-state index is 0.202. The second-order valence-electron chi connectivity index (χ2n) is 4.97. The van der Waals surface area contributed by atoms with Crippen LogP contribution in [0.1, 0.15) is 31.2 Å². The Kier molecular flexibility index (Phi) is 5.06. The first kappa shape index (κ1) is 16.0. The zero-order valence-corrected chi connectivity index (χ0v) is 14.7. The van der Waals surface area contributed by atoms with Crippen LogP contribution in [-0.2, 0) is 0 Å². The van der Waals surface area contributed by atoms with Crippen molar-refractivity contribution in [3.63, 3.8) is 0 Å². The molecule has 2 aromatic rings. The number of nitrogens with zero attached hydrogens (tertiary/aromatic N) is 2. The lowest BCUT2D eigenvalue weighted by Crippen LogP contribution is -2.05. The molecular weight excluding hydrogens is 354 g/mol. The summed E-state index contributed by atoms with van der Waals surface area (Å²) >= 11 is 9.66. The van der Waals surface area contributed by atoms with Gasteiger partial charge in [0.25, 0.3) is 0 Å². The van der Waals surface area contributed by atoms with Crippen LogP contribution < -0.4 is 10.1 Å². The van der Waals surface area contributed by atoms with E-state index in [9.17, 15) is 0 Å². The van der Waals surface area contributed by atoms with Gasteiger partial charge in [0, 0.05) is 16.0 Å². The van der Waals surface area contributed by atoms with E-state index in [0.717, 1.165) is 21.5 Å². The molecule has 0 aliphatic heterocycles. The van der Waals surface area contributed by atoms with Gasteiger partial charge < -0.3 is 10.1 Å². The molecule has 1 aromatic carbocycles. The third-order valence-corrected chi connectivity index (χ3v) is 3.90. The molecule has 0 radical (unpaired) electrons. The Morgan fingerprint density at radius 3 is 2.62 bits per heavy atom. The van der Waals surface area contributed by atoms with E-state index in [1.807, 2.05) is 39.0 Å². The van der Waals surface area contributed by atoms with Crippen LogP contribution in [0.5, 0.6) is 5.75 Å². The largest absolute Gasteiger partial charge is 0.495 e. The summed E-state index contributed by atoms with van der Waals surface area (Å²) < 4.78 is 6.31. The minimum Gasteiger partial charge on any atom is -0.495 e. The number of hydrogen-bond acceptors (Lipinski definition) is 4. The number of benzene rings is 1. The third kappa shape index (κ3) is 3.66. The van der Waals surface area contributed by atoms with E-state index in [-0.39, 0.29) is 5.92 Å². The fourth-order valence-electron chi connectivity index (χ4n) is 1.79. The average molecular weight is 371 g/mol. The van der Waals surface area contributed by atoms with Crippen LogP contribution in [0.2, 0.25) is 5.15 Å². The van der Waals surface area contributed by atoms with Gasteiger partial charge in [-0.3, -0.25) is 0 Å². The first-order chi connectivity index (χ1) is 9.92. The molecule has 0 unspecified atom stereocenters. The van der Waals surface area contributed by atoms with E-state index in [1.54, 1.807) is 7.11 Å². The maximum absolute atomic E-state index is 6.20. The SMILES string of the molecule is COc1ccc(Br)cc1Nc1nc(C(C)C)nc(Cl)c1C.